The van der Waals surface area contributed by atoms with Crippen molar-refractivity contribution in [3.63, 3.8) is 0 Å². The molecule has 0 aromatic heterocycles. The Morgan fingerprint density at radius 3 is 2.26 bits per heavy atom. The Kier molecular flexibility index (Phi) is 3.50. The minimum absolute atomic E-state index is 1.04. The lowest BCUT2D eigenvalue weighted by Gasteiger charge is -2.08. The molecule has 0 saturated carbocycles. The highest BCUT2D eigenvalue weighted by Crippen LogP contribution is 2.26. The van der Waals surface area contributed by atoms with Gasteiger partial charge in [-0.25, -0.2) is 0 Å². The summed E-state index contributed by atoms with van der Waals surface area (Å²) in [5.74, 6) is 0. The van der Waals surface area contributed by atoms with Gasteiger partial charge < -0.3 is 0 Å². The van der Waals surface area contributed by atoms with Gasteiger partial charge in [0.15, 0.2) is 0 Å². The smallest absolute Gasteiger partial charge is 0.0146 e. The number of unbranched alkanes of at least 4 members (excludes halogenated alkanes) is 2. The maximum atomic E-state index is 3.92. The van der Waals surface area contributed by atoms with Crippen molar-refractivity contribution in [2.75, 3.05) is 0 Å². The molecule has 0 heteroatoms. The van der Waals surface area contributed by atoms with E-state index in [2.05, 4.69) is 61.5 Å². The number of aryl methyl sites for hydroxylation is 1. The van der Waals surface area contributed by atoms with Crippen LogP contribution in [0.3, 0.4) is 0 Å². The molecule has 0 bridgehead atoms. The highest BCUT2D eigenvalue weighted by atomic mass is 14.1. The number of hydrogen-bond donors (Lipinski definition) is 0. The summed E-state index contributed by atoms with van der Waals surface area (Å²) in [5.41, 5.74) is 1.47. The normalized spacial score (nSPS) is 11.2. The first kappa shape index (κ1) is 12.2. The third-order valence-corrected chi connectivity index (χ3v) is 3.78. The SMILES string of the molecule is [CH2]CCCCc1cccc2cc3ccccc3cc12. The van der Waals surface area contributed by atoms with E-state index in [0.717, 1.165) is 12.8 Å². The molecule has 0 atom stereocenters. The fourth-order valence-electron chi connectivity index (χ4n) is 2.74. The minimum atomic E-state index is 1.04. The van der Waals surface area contributed by atoms with Crippen LogP contribution in [-0.4, -0.2) is 0 Å². The van der Waals surface area contributed by atoms with Crippen LogP contribution >= 0.6 is 0 Å². The largest absolute Gasteiger partial charge is 0.0616 e. The zero-order valence-electron chi connectivity index (χ0n) is 11.2. The average molecular weight is 247 g/mol. The lowest BCUT2D eigenvalue weighted by Crippen LogP contribution is -1.88. The van der Waals surface area contributed by atoms with Gasteiger partial charge in [-0.15, -0.1) is 0 Å². The minimum Gasteiger partial charge on any atom is -0.0616 e. The summed E-state index contributed by atoms with van der Waals surface area (Å²) in [6, 6.07) is 19.9. The van der Waals surface area contributed by atoms with Gasteiger partial charge in [-0.05, 0) is 52.1 Å². The third-order valence-electron chi connectivity index (χ3n) is 3.78. The second-order valence-electron chi connectivity index (χ2n) is 5.15. The molecule has 19 heavy (non-hydrogen) atoms. The molecule has 3 rings (SSSR count). The van der Waals surface area contributed by atoms with Crippen molar-refractivity contribution >= 4 is 21.5 Å². The van der Waals surface area contributed by atoms with Crippen LogP contribution in [-0.2, 0) is 6.42 Å². The number of rotatable bonds is 4. The van der Waals surface area contributed by atoms with E-state index >= 15 is 0 Å². The van der Waals surface area contributed by atoms with Gasteiger partial charge in [0.2, 0.25) is 0 Å². The first-order chi connectivity index (χ1) is 9.38. The number of fused-ring (bicyclic) bond motifs is 2. The molecule has 0 N–H and O–H groups in total. The van der Waals surface area contributed by atoms with E-state index in [1.165, 1.54) is 39.9 Å². The van der Waals surface area contributed by atoms with Gasteiger partial charge in [0, 0.05) is 0 Å². The van der Waals surface area contributed by atoms with Gasteiger partial charge in [-0.3, -0.25) is 0 Å². The van der Waals surface area contributed by atoms with Crippen LogP contribution < -0.4 is 0 Å². The Labute approximate surface area is 115 Å². The predicted octanol–water partition coefficient (Wildman–Crippen LogP) is 5.54. The maximum absolute atomic E-state index is 3.92. The Balaban J connectivity index is 2.09. The third kappa shape index (κ3) is 2.49. The van der Waals surface area contributed by atoms with Crippen molar-refractivity contribution in [1.82, 2.24) is 0 Å². The Bertz CT molecular complexity index is 695. The summed E-state index contributed by atoms with van der Waals surface area (Å²) >= 11 is 0. The van der Waals surface area contributed by atoms with Crippen LogP contribution in [0.15, 0.2) is 54.6 Å². The predicted molar refractivity (Wildman–Crippen MR) is 84.4 cm³/mol. The van der Waals surface area contributed by atoms with E-state index in [1.54, 1.807) is 0 Å². The maximum Gasteiger partial charge on any atom is -0.0146 e. The van der Waals surface area contributed by atoms with Crippen LogP contribution in [0.2, 0.25) is 0 Å². The van der Waals surface area contributed by atoms with Crippen LogP contribution in [0.1, 0.15) is 24.8 Å². The monoisotopic (exact) mass is 247 g/mol. The van der Waals surface area contributed by atoms with Crippen LogP contribution in [0.25, 0.3) is 21.5 Å². The van der Waals surface area contributed by atoms with Crippen molar-refractivity contribution < 1.29 is 0 Å². The van der Waals surface area contributed by atoms with Crippen LogP contribution in [0.4, 0.5) is 0 Å². The number of hydrogen-bond acceptors (Lipinski definition) is 0. The molecule has 0 aliphatic heterocycles. The van der Waals surface area contributed by atoms with Crippen LogP contribution in [0.5, 0.6) is 0 Å². The summed E-state index contributed by atoms with van der Waals surface area (Å²) in [6.45, 7) is 3.92. The zero-order chi connectivity index (χ0) is 13.1. The molecule has 0 spiro atoms. The molecule has 0 aliphatic rings. The Morgan fingerprint density at radius 2 is 1.47 bits per heavy atom. The lowest BCUT2D eigenvalue weighted by atomic mass is 9.97. The highest BCUT2D eigenvalue weighted by Gasteiger charge is 2.02. The summed E-state index contributed by atoms with van der Waals surface area (Å²) in [7, 11) is 0. The van der Waals surface area contributed by atoms with E-state index in [-0.39, 0.29) is 0 Å². The fraction of sp³-hybridized carbons (Fsp3) is 0.211. The molecular formula is C19H19. The van der Waals surface area contributed by atoms with Gasteiger partial charge in [0.25, 0.3) is 0 Å². The van der Waals surface area contributed by atoms with Gasteiger partial charge in [0.1, 0.15) is 0 Å². The molecule has 1 radical (unpaired) electrons. The summed E-state index contributed by atoms with van der Waals surface area (Å²) in [6.07, 6.45) is 4.64. The van der Waals surface area contributed by atoms with E-state index in [0.29, 0.717) is 0 Å². The molecule has 0 amide bonds. The first-order valence-electron chi connectivity index (χ1n) is 7.08. The second kappa shape index (κ2) is 5.44. The van der Waals surface area contributed by atoms with E-state index in [9.17, 15) is 0 Å². The van der Waals surface area contributed by atoms with Crippen molar-refractivity contribution in [1.29, 1.82) is 0 Å². The van der Waals surface area contributed by atoms with Gasteiger partial charge in [0.05, 0.1) is 0 Å². The molecule has 0 nitrogen and oxygen atoms in total. The summed E-state index contributed by atoms with van der Waals surface area (Å²) in [5, 5.41) is 5.42. The molecule has 0 unspecified atom stereocenters. The fourth-order valence-corrected chi connectivity index (χ4v) is 2.74. The van der Waals surface area contributed by atoms with Gasteiger partial charge in [-0.2, -0.15) is 0 Å². The molecule has 0 heterocycles. The number of benzene rings is 3. The van der Waals surface area contributed by atoms with Crippen molar-refractivity contribution in [2.24, 2.45) is 0 Å². The summed E-state index contributed by atoms with van der Waals surface area (Å²) in [4.78, 5) is 0. The topological polar surface area (TPSA) is 0 Å². The standard InChI is InChI=1S/C19H19/c1-2-3-4-8-15-11-7-12-18-13-16-9-5-6-10-17(16)14-19(15)18/h5-7,9-14H,1-4,8H2. The molecule has 95 valence electrons. The van der Waals surface area contributed by atoms with Crippen molar-refractivity contribution in [3.8, 4) is 0 Å². The average Bonchev–Trinajstić information content (AvgIpc) is 2.46. The molecule has 0 fully saturated rings. The first-order valence-corrected chi connectivity index (χ1v) is 7.08. The highest BCUT2D eigenvalue weighted by molar-refractivity contribution is 5.99. The lowest BCUT2D eigenvalue weighted by molar-refractivity contribution is 0.749. The summed E-state index contributed by atoms with van der Waals surface area (Å²) < 4.78 is 0. The van der Waals surface area contributed by atoms with E-state index in [1.807, 2.05) is 0 Å². The molecule has 3 aromatic carbocycles. The van der Waals surface area contributed by atoms with E-state index < -0.39 is 0 Å². The van der Waals surface area contributed by atoms with Crippen molar-refractivity contribution in [3.05, 3.63) is 67.1 Å². The van der Waals surface area contributed by atoms with Crippen LogP contribution in [0, 0.1) is 6.92 Å². The Hall–Kier alpha value is -1.82. The van der Waals surface area contributed by atoms with Gasteiger partial charge >= 0.3 is 0 Å². The van der Waals surface area contributed by atoms with Gasteiger partial charge in [-0.1, -0.05) is 62.2 Å². The second-order valence-corrected chi connectivity index (χ2v) is 5.15. The van der Waals surface area contributed by atoms with Crippen molar-refractivity contribution in [2.45, 2.75) is 25.7 Å². The zero-order valence-corrected chi connectivity index (χ0v) is 11.2. The van der Waals surface area contributed by atoms with E-state index in [4.69, 9.17) is 0 Å². The molecule has 3 aromatic rings. The quantitative estimate of drug-likeness (QED) is 0.419. The molecular weight excluding hydrogens is 228 g/mol. The Morgan fingerprint density at radius 1 is 0.737 bits per heavy atom. The molecule has 0 aliphatic carbocycles. The molecule has 0 saturated heterocycles.